The van der Waals surface area contributed by atoms with Gasteiger partial charge < -0.3 is 4.90 Å². The third-order valence-electron chi connectivity index (χ3n) is 6.94. The Hall–Kier alpha value is 0.310. The minimum atomic E-state index is 0.669. The minimum Gasteiger partial charge on any atom is -0.303 e. The normalized spacial score (nSPS) is 19.9. The van der Waals surface area contributed by atoms with Gasteiger partial charge in [-0.2, -0.15) is 12.6 Å². The summed E-state index contributed by atoms with van der Waals surface area (Å²) >= 11 is 4.41. The van der Waals surface area contributed by atoms with Gasteiger partial charge in [0.15, 0.2) is 0 Å². The second-order valence-electron chi connectivity index (χ2n) is 9.37. The molecule has 0 N–H and O–H groups in total. The maximum atomic E-state index is 4.76. The lowest BCUT2D eigenvalue weighted by Gasteiger charge is -2.38. The summed E-state index contributed by atoms with van der Waals surface area (Å²) in [7, 11) is 0. The zero-order valence-electron chi connectivity index (χ0n) is 18.9. The summed E-state index contributed by atoms with van der Waals surface area (Å²) < 4.78 is 0. The standard InChI is InChI=1S/C25H50NS/c1-5-7-9-11-13-22(3)21-25(14-12-10-8-6-2)23(4)24-15-17-26(18-16-24)19-20-27/h22-25,27H,4-21H2,1-3H3. The molecule has 3 atom stereocenters. The third-order valence-corrected chi connectivity index (χ3v) is 7.14. The van der Waals surface area contributed by atoms with E-state index >= 15 is 0 Å². The summed E-state index contributed by atoms with van der Waals surface area (Å²) in [5.74, 6) is 4.25. The van der Waals surface area contributed by atoms with Crippen molar-refractivity contribution in [3.05, 3.63) is 6.92 Å². The molecular weight excluding hydrogens is 346 g/mol. The zero-order chi connectivity index (χ0) is 19.9. The van der Waals surface area contributed by atoms with Gasteiger partial charge in [0.05, 0.1) is 0 Å². The number of rotatable bonds is 16. The number of likely N-dealkylation sites (tertiary alicyclic amines) is 1. The van der Waals surface area contributed by atoms with E-state index in [-0.39, 0.29) is 0 Å². The number of hydrogen-bond donors (Lipinski definition) is 1. The molecule has 1 aliphatic heterocycles. The monoisotopic (exact) mass is 396 g/mol. The van der Waals surface area contributed by atoms with E-state index in [9.17, 15) is 0 Å². The summed E-state index contributed by atoms with van der Waals surface area (Å²) in [6.45, 7) is 15.6. The Labute approximate surface area is 177 Å². The van der Waals surface area contributed by atoms with Gasteiger partial charge in [-0.25, -0.2) is 0 Å². The Morgan fingerprint density at radius 2 is 1.52 bits per heavy atom. The number of unbranched alkanes of at least 4 members (excludes halogenated alkanes) is 6. The first-order valence-corrected chi connectivity index (χ1v) is 12.9. The van der Waals surface area contributed by atoms with Gasteiger partial charge in [-0.3, -0.25) is 0 Å². The highest BCUT2D eigenvalue weighted by atomic mass is 32.1. The average Bonchev–Trinajstić information content (AvgIpc) is 2.68. The van der Waals surface area contributed by atoms with Crippen molar-refractivity contribution in [2.75, 3.05) is 25.4 Å². The van der Waals surface area contributed by atoms with Crippen LogP contribution in [0.25, 0.3) is 0 Å². The van der Waals surface area contributed by atoms with Crippen LogP contribution >= 0.6 is 12.6 Å². The lowest BCUT2D eigenvalue weighted by atomic mass is 9.72. The molecular formula is C25H50NS. The van der Waals surface area contributed by atoms with E-state index in [1.807, 2.05) is 0 Å². The highest BCUT2D eigenvalue weighted by molar-refractivity contribution is 7.80. The first-order chi connectivity index (χ1) is 13.1. The average molecular weight is 397 g/mol. The molecule has 3 unspecified atom stereocenters. The lowest BCUT2D eigenvalue weighted by molar-refractivity contribution is 0.127. The molecule has 1 radical (unpaired) electrons. The van der Waals surface area contributed by atoms with Crippen LogP contribution in [0, 0.1) is 30.6 Å². The van der Waals surface area contributed by atoms with Crippen LogP contribution in [0.2, 0.25) is 0 Å². The second kappa shape index (κ2) is 16.1. The van der Waals surface area contributed by atoms with Gasteiger partial charge in [0, 0.05) is 12.3 Å². The number of thiol groups is 1. The molecule has 1 aliphatic rings. The van der Waals surface area contributed by atoms with Gasteiger partial charge in [0.1, 0.15) is 0 Å². The van der Waals surface area contributed by atoms with Crippen molar-refractivity contribution in [3.63, 3.8) is 0 Å². The van der Waals surface area contributed by atoms with E-state index in [2.05, 4.69) is 38.3 Å². The Balaban J connectivity index is 2.48. The smallest absolute Gasteiger partial charge is 0.00698 e. The first-order valence-electron chi connectivity index (χ1n) is 12.3. The van der Waals surface area contributed by atoms with Crippen molar-refractivity contribution in [1.82, 2.24) is 4.90 Å². The molecule has 27 heavy (non-hydrogen) atoms. The maximum absolute atomic E-state index is 4.76. The van der Waals surface area contributed by atoms with Crippen molar-refractivity contribution in [3.8, 4) is 0 Å². The summed E-state index contributed by atoms with van der Waals surface area (Å²) in [6.07, 6.45) is 18.2. The Morgan fingerprint density at radius 3 is 2.07 bits per heavy atom. The van der Waals surface area contributed by atoms with Crippen LogP contribution in [0.5, 0.6) is 0 Å². The molecule has 0 aromatic carbocycles. The molecule has 1 nitrogen and oxygen atoms in total. The van der Waals surface area contributed by atoms with Crippen molar-refractivity contribution in [2.45, 2.75) is 104 Å². The summed E-state index contributed by atoms with van der Waals surface area (Å²) in [5.41, 5.74) is 0. The highest BCUT2D eigenvalue weighted by Gasteiger charge is 2.29. The highest BCUT2D eigenvalue weighted by Crippen LogP contribution is 2.36. The van der Waals surface area contributed by atoms with Crippen molar-refractivity contribution in [2.24, 2.45) is 23.7 Å². The number of hydrogen-bond acceptors (Lipinski definition) is 2. The topological polar surface area (TPSA) is 3.24 Å². The summed E-state index contributed by atoms with van der Waals surface area (Å²) in [6, 6.07) is 0. The van der Waals surface area contributed by atoms with Gasteiger partial charge >= 0.3 is 0 Å². The third kappa shape index (κ3) is 11.2. The predicted molar refractivity (Wildman–Crippen MR) is 127 cm³/mol. The van der Waals surface area contributed by atoms with E-state index in [0.717, 1.165) is 30.1 Å². The van der Waals surface area contributed by atoms with Gasteiger partial charge in [-0.1, -0.05) is 85.0 Å². The molecule has 2 heteroatoms. The second-order valence-corrected chi connectivity index (χ2v) is 9.81. The van der Waals surface area contributed by atoms with E-state index in [4.69, 9.17) is 6.92 Å². The van der Waals surface area contributed by atoms with E-state index in [1.165, 1.54) is 96.6 Å². The predicted octanol–water partition coefficient (Wildman–Crippen LogP) is 7.66. The van der Waals surface area contributed by atoms with E-state index in [0.29, 0.717) is 5.92 Å². The Kier molecular flexibility index (Phi) is 15.2. The molecule has 0 amide bonds. The summed E-state index contributed by atoms with van der Waals surface area (Å²) in [5, 5.41) is 0. The molecule has 161 valence electrons. The van der Waals surface area contributed by atoms with Gasteiger partial charge in [-0.15, -0.1) is 0 Å². The Bertz CT molecular complexity index is 324. The molecule has 1 heterocycles. The Morgan fingerprint density at radius 1 is 0.926 bits per heavy atom. The van der Waals surface area contributed by atoms with Crippen LogP contribution in [-0.2, 0) is 0 Å². The minimum absolute atomic E-state index is 0.669. The van der Waals surface area contributed by atoms with Crippen molar-refractivity contribution < 1.29 is 0 Å². The van der Waals surface area contributed by atoms with Crippen LogP contribution in [0.3, 0.4) is 0 Å². The first kappa shape index (κ1) is 25.3. The van der Waals surface area contributed by atoms with Crippen LogP contribution in [0.15, 0.2) is 0 Å². The molecule has 0 saturated carbocycles. The van der Waals surface area contributed by atoms with Crippen LogP contribution in [-0.4, -0.2) is 30.3 Å². The fraction of sp³-hybridized carbons (Fsp3) is 0.960. The molecule has 1 rings (SSSR count). The van der Waals surface area contributed by atoms with Crippen LogP contribution < -0.4 is 0 Å². The van der Waals surface area contributed by atoms with Gasteiger partial charge in [-0.05, 0) is 62.9 Å². The quantitative estimate of drug-likeness (QED) is 0.207. The van der Waals surface area contributed by atoms with Crippen LogP contribution in [0.1, 0.15) is 104 Å². The molecule has 0 aromatic rings. The van der Waals surface area contributed by atoms with Crippen molar-refractivity contribution >= 4 is 12.6 Å². The molecule has 0 aliphatic carbocycles. The van der Waals surface area contributed by atoms with Crippen LogP contribution in [0.4, 0.5) is 0 Å². The zero-order valence-corrected chi connectivity index (χ0v) is 19.8. The molecule has 1 fully saturated rings. The molecule has 0 spiro atoms. The SMILES string of the molecule is [CH2]C(C1CCN(CCS)CC1)C(CCCCCC)CC(C)CCCCCC. The molecule has 0 aromatic heterocycles. The van der Waals surface area contributed by atoms with Gasteiger partial charge in [0.2, 0.25) is 0 Å². The lowest BCUT2D eigenvalue weighted by Crippen LogP contribution is -2.38. The van der Waals surface area contributed by atoms with Gasteiger partial charge in [0.25, 0.3) is 0 Å². The molecule has 0 bridgehead atoms. The fourth-order valence-electron chi connectivity index (χ4n) is 5.03. The number of nitrogens with zero attached hydrogens (tertiary/aromatic N) is 1. The van der Waals surface area contributed by atoms with E-state index < -0.39 is 0 Å². The maximum Gasteiger partial charge on any atom is 0.00698 e. The fourth-order valence-corrected chi connectivity index (χ4v) is 5.31. The molecule has 1 saturated heterocycles. The van der Waals surface area contributed by atoms with Crippen molar-refractivity contribution in [1.29, 1.82) is 0 Å². The summed E-state index contributed by atoms with van der Waals surface area (Å²) in [4.78, 5) is 2.60. The van der Waals surface area contributed by atoms with E-state index in [1.54, 1.807) is 0 Å². The largest absolute Gasteiger partial charge is 0.303 e. The number of piperidine rings is 1.